The van der Waals surface area contributed by atoms with Crippen LogP contribution in [0, 0.1) is 15.9 Å². The highest BCUT2D eigenvalue weighted by Gasteiger charge is 2.44. The van der Waals surface area contributed by atoms with Crippen LogP contribution in [0.15, 0.2) is 36.4 Å². The highest BCUT2D eigenvalue weighted by atomic mass is 19.4. The van der Waals surface area contributed by atoms with E-state index in [1.54, 1.807) is 11.9 Å². The fourth-order valence-electron chi connectivity index (χ4n) is 3.43. The largest absolute Gasteiger partial charge is 0.454 e. The number of anilines is 1. The number of amides is 1. The van der Waals surface area contributed by atoms with Gasteiger partial charge in [0, 0.05) is 33.3 Å². The third-order valence-electron chi connectivity index (χ3n) is 5.16. The number of rotatable bonds is 5. The minimum Gasteiger partial charge on any atom is -0.454 e. The van der Waals surface area contributed by atoms with Crippen LogP contribution in [0.25, 0.3) is 0 Å². The number of nitrogens with zero attached hydrogens (tertiary/aromatic N) is 4. The highest BCUT2D eigenvalue weighted by Crippen LogP contribution is 2.48. The molecule has 0 aliphatic carbocycles. The number of para-hydroxylation sites is 1. The average molecular weight is 486 g/mol. The van der Waals surface area contributed by atoms with Gasteiger partial charge < -0.3 is 19.3 Å². The molecule has 0 bridgehead atoms. The number of piperazine rings is 1. The van der Waals surface area contributed by atoms with Crippen molar-refractivity contribution in [1.29, 1.82) is 0 Å². The second-order valence-corrected chi connectivity index (χ2v) is 7.75. The summed E-state index contributed by atoms with van der Waals surface area (Å²) in [6.45, 7) is -0.152. The Kier molecular flexibility index (Phi) is 7.15. The second kappa shape index (κ2) is 9.71. The lowest BCUT2D eigenvalue weighted by Crippen LogP contribution is -2.54. The summed E-state index contributed by atoms with van der Waals surface area (Å²) >= 11 is 0. The molecule has 0 N–H and O–H groups in total. The first-order chi connectivity index (χ1) is 15.9. The van der Waals surface area contributed by atoms with E-state index >= 15 is 0 Å². The molecule has 13 heteroatoms. The molecule has 1 fully saturated rings. The standard InChI is InChI=1S/C21H22F4N4O5/c1-26(2)20(30)34-17-12-28(11-10-27(17)3)19-14(29(31)32)8-9-16(18(19)21(23,24)25)33-15-7-5-4-6-13(15)22/h4-9,17H,10-12H2,1-3H3/t17-/m1/s1. The second-order valence-electron chi connectivity index (χ2n) is 7.75. The minimum atomic E-state index is -5.08. The smallest absolute Gasteiger partial charge is 0.422 e. The molecule has 1 atom stereocenters. The normalized spacial score (nSPS) is 16.8. The molecule has 1 aliphatic heterocycles. The number of halogens is 4. The van der Waals surface area contributed by atoms with E-state index in [4.69, 9.17) is 9.47 Å². The topological polar surface area (TPSA) is 88.4 Å². The van der Waals surface area contributed by atoms with E-state index in [1.807, 2.05) is 0 Å². The van der Waals surface area contributed by atoms with Crippen molar-refractivity contribution in [1.82, 2.24) is 9.80 Å². The summed E-state index contributed by atoms with van der Waals surface area (Å²) < 4.78 is 67.4. The molecule has 1 aliphatic rings. The number of likely N-dealkylation sites (N-methyl/N-ethyl adjacent to an activating group) is 1. The molecule has 1 amide bonds. The molecule has 0 saturated carbocycles. The number of benzene rings is 2. The Hall–Kier alpha value is -3.61. The molecule has 2 aromatic rings. The Balaban J connectivity index is 2.11. The van der Waals surface area contributed by atoms with Gasteiger partial charge in [-0.3, -0.25) is 15.0 Å². The lowest BCUT2D eigenvalue weighted by atomic mass is 10.1. The van der Waals surface area contributed by atoms with E-state index in [-0.39, 0.29) is 19.6 Å². The van der Waals surface area contributed by atoms with Crippen molar-refractivity contribution >= 4 is 17.5 Å². The molecule has 184 valence electrons. The number of alkyl halides is 3. The molecular weight excluding hydrogens is 464 g/mol. The summed E-state index contributed by atoms with van der Waals surface area (Å²) in [5, 5.41) is 11.7. The van der Waals surface area contributed by atoms with Gasteiger partial charge in [0.25, 0.3) is 5.69 Å². The monoisotopic (exact) mass is 486 g/mol. The van der Waals surface area contributed by atoms with E-state index in [9.17, 15) is 32.5 Å². The van der Waals surface area contributed by atoms with Gasteiger partial charge in [-0.1, -0.05) is 12.1 Å². The number of ether oxygens (including phenoxy) is 2. The first-order valence-electron chi connectivity index (χ1n) is 10.0. The van der Waals surface area contributed by atoms with E-state index in [0.717, 1.165) is 34.1 Å². The maximum atomic E-state index is 14.3. The number of nitro benzene ring substituents is 1. The Morgan fingerprint density at radius 3 is 2.41 bits per heavy atom. The molecule has 9 nitrogen and oxygen atoms in total. The Labute approximate surface area is 192 Å². The van der Waals surface area contributed by atoms with E-state index in [1.165, 1.54) is 26.2 Å². The third-order valence-corrected chi connectivity index (χ3v) is 5.16. The predicted octanol–water partition coefficient (Wildman–Crippen LogP) is 4.32. The molecule has 0 aromatic heterocycles. The highest BCUT2D eigenvalue weighted by molar-refractivity contribution is 5.73. The molecule has 1 saturated heterocycles. The lowest BCUT2D eigenvalue weighted by molar-refractivity contribution is -0.384. The van der Waals surface area contributed by atoms with Gasteiger partial charge in [-0.25, -0.2) is 9.18 Å². The zero-order valence-corrected chi connectivity index (χ0v) is 18.5. The van der Waals surface area contributed by atoms with Crippen molar-refractivity contribution < 1.29 is 36.8 Å². The molecule has 0 radical (unpaired) electrons. The van der Waals surface area contributed by atoms with Crippen molar-refractivity contribution in [3.8, 4) is 11.5 Å². The van der Waals surface area contributed by atoms with Crippen molar-refractivity contribution in [2.45, 2.75) is 12.4 Å². The maximum Gasteiger partial charge on any atom is 0.422 e. The maximum absolute atomic E-state index is 14.3. The fraction of sp³-hybridized carbons (Fsp3) is 0.381. The van der Waals surface area contributed by atoms with Gasteiger partial charge in [0.2, 0.25) is 0 Å². The van der Waals surface area contributed by atoms with Crippen molar-refractivity contribution in [2.75, 3.05) is 45.7 Å². The minimum absolute atomic E-state index is 0.0282. The molecule has 34 heavy (non-hydrogen) atoms. The number of nitro groups is 1. The summed E-state index contributed by atoms with van der Waals surface area (Å²) in [5.41, 5.74) is -2.98. The first kappa shape index (κ1) is 25.0. The van der Waals surface area contributed by atoms with Gasteiger partial charge in [0.15, 0.2) is 17.8 Å². The van der Waals surface area contributed by atoms with Crippen LogP contribution in [-0.4, -0.2) is 67.8 Å². The van der Waals surface area contributed by atoms with Crippen LogP contribution >= 0.6 is 0 Å². The van der Waals surface area contributed by atoms with Gasteiger partial charge in [-0.2, -0.15) is 13.2 Å². The summed E-state index contributed by atoms with van der Waals surface area (Å²) in [4.78, 5) is 26.6. The Morgan fingerprint density at radius 1 is 1.15 bits per heavy atom. The van der Waals surface area contributed by atoms with E-state index < -0.39 is 57.7 Å². The van der Waals surface area contributed by atoms with Crippen LogP contribution in [0.3, 0.4) is 0 Å². The average Bonchev–Trinajstić information content (AvgIpc) is 2.75. The van der Waals surface area contributed by atoms with Crippen LogP contribution < -0.4 is 9.64 Å². The summed E-state index contributed by atoms with van der Waals surface area (Å²) in [5.74, 6) is -2.16. The van der Waals surface area contributed by atoms with Gasteiger partial charge in [-0.15, -0.1) is 0 Å². The van der Waals surface area contributed by atoms with Crippen molar-refractivity contribution in [3.05, 3.63) is 57.9 Å². The zero-order valence-electron chi connectivity index (χ0n) is 18.5. The molecular formula is C21H22F4N4O5. The van der Waals surface area contributed by atoms with Gasteiger partial charge in [-0.05, 0) is 25.2 Å². The predicted molar refractivity (Wildman–Crippen MR) is 113 cm³/mol. The summed E-state index contributed by atoms with van der Waals surface area (Å²) in [6.07, 6.45) is -6.78. The fourth-order valence-corrected chi connectivity index (χ4v) is 3.43. The lowest BCUT2D eigenvalue weighted by Gasteiger charge is -2.40. The zero-order chi connectivity index (χ0) is 25.2. The molecule has 3 rings (SSSR count). The number of hydrogen-bond acceptors (Lipinski definition) is 7. The van der Waals surface area contributed by atoms with E-state index in [2.05, 4.69) is 0 Å². The number of carbonyl (C=O) groups excluding carboxylic acids is 1. The van der Waals surface area contributed by atoms with Crippen LogP contribution in [0.5, 0.6) is 11.5 Å². The SMILES string of the molecule is CN(C)C(=O)O[C@@H]1CN(c2c([N+](=O)[O-])ccc(Oc3ccccc3F)c2C(F)(F)F)CCN1C. The third kappa shape index (κ3) is 5.30. The quantitative estimate of drug-likeness (QED) is 0.353. The van der Waals surface area contributed by atoms with Gasteiger partial charge >= 0.3 is 12.3 Å². The summed E-state index contributed by atoms with van der Waals surface area (Å²) in [7, 11) is 4.50. The van der Waals surface area contributed by atoms with Crippen LogP contribution in [0.2, 0.25) is 0 Å². The molecule has 0 unspecified atom stereocenters. The van der Waals surface area contributed by atoms with Crippen molar-refractivity contribution in [2.24, 2.45) is 0 Å². The van der Waals surface area contributed by atoms with Crippen LogP contribution in [-0.2, 0) is 10.9 Å². The number of carbonyl (C=O) groups is 1. The van der Waals surface area contributed by atoms with Crippen LogP contribution in [0.4, 0.5) is 33.7 Å². The number of hydrogen-bond donors (Lipinski definition) is 0. The van der Waals surface area contributed by atoms with Gasteiger partial charge in [0.05, 0.1) is 11.5 Å². The Morgan fingerprint density at radius 2 is 1.82 bits per heavy atom. The molecule has 1 heterocycles. The Bertz CT molecular complexity index is 1080. The molecule has 2 aromatic carbocycles. The van der Waals surface area contributed by atoms with Gasteiger partial charge in [0.1, 0.15) is 17.0 Å². The van der Waals surface area contributed by atoms with E-state index in [0.29, 0.717) is 0 Å². The van der Waals surface area contributed by atoms with Crippen LogP contribution in [0.1, 0.15) is 5.56 Å². The summed E-state index contributed by atoms with van der Waals surface area (Å²) in [6, 6.07) is 6.54. The molecule has 0 spiro atoms. The first-order valence-corrected chi connectivity index (χ1v) is 10.0. The van der Waals surface area contributed by atoms with Crippen molar-refractivity contribution in [3.63, 3.8) is 0 Å².